The average molecular weight is 141 g/mol. The van der Waals surface area contributed by atoms with Crippen LogP contribution in [0.15, 0.2) is 12.2 Å². The van der Waals surface area contributed by atoms with Crippen LogP contribution in [0.1, 0.15) is 33.1 Å². The van der Waals surface area contributed by atoms with Gasteiger partial charge in [-0.15, -0.1) is 0 Å². The van der Waals surface area contributed by atoms with Gasteiger partial charge in [0.2, 0.25) is 0 Å². The summed E-state index contributed by atoms with van der Waals surface area (Å²) in [4.78, 5) is 0. The Morgan fingerprint density at radius 3 is 2.60 bits per heavy atom. The molecule has 0 unspecified atom stereocenters. The maximum absolute atomic E-state index is 3.33. The SMILES string of the molecule is CC/C=C\CNCCCC. The number of rotatable bonds is 6. The van der Waals surface area contributed by atoms with Crippen LogP contribution < -0.4 is 5.32 Å². The second-order valence-electron chi connectivity index (χ2n) is 2.44. The fraction of sp³-hybridized carbons (Fsp3) is 0.778. The molecule has 0 aromatic carbocycles. The zero-order chi connectivity index (χ0) is 7.66. The summed E-state index contributed by atoms with van der Waals surface area (Å²) in [6, 6.07) is 0. The van der Waals surface area contributed by atoms with Gasteiger partial charge in [0.05, 0.1) is 0 Å². The highest BCUT2D eigenvalue weighted by atomic mass is 14.8. The minimum Gasteiger partial charge on any atom is -0.313 e. The molecule has 0 bridgehead atoms. The van der Waals surface area contributed by atoms with Gasteiger partial charge in [-0.1, -0.05) is 32.4 Å². The normalized spacial score (nSPS) is 11.0. The maximum atomic E-state index is 3.33. The van der Waals surface area contributed by atoms with Crippen molar-refractivity contribution in [2.45, 2.75) is 33.1 Å². The van der Waals surface area contributed by atoms with Crippen LogP contribution in [0.25, 0.3) is 0 Å². The van der Waals surface area contributed by atoms with E-state index in [1.54, 1.807) is 0 Å². The van der Waals surface area contributed by atoms with Gasteiger partial charge < -0.3 is 5.32 Å². The first-order valence-corrected chi connectivity index (χ1v) is 4.27. The molecule has 0 aromatic heterocycles. The number of allylic oxidation sites excluding steroid dienone is 1. The molecule has 1 nitrogen and oxygen atoms in total. The summed E-state index contributed by atoms with van der Waals surface area (Å²) in [6.07, 6.45) is 8.11. The second kappa shape index (κ2) is 8.70. The zero-order valence-electron chi connectivity index (χ0n) is 7.19. The fourth-order valence-corrected chi connectivity index (χ4v) is 0.737. The first kappa shape index (κ1) is 9.70. The molecule has 0 fully saturated rings. The Kier molecular flexibility index (Phi) is 8.44. The smallest absolute Gasteiger partial charge is 0.0134 e. The van der Waals surface area contributed by atoms with Gasteiger partial charge in [-0.05, 0) is 19.4 Å². The summed E-state index contributed by atoms with van der Waals surface area (Å²) in [6.45, 7) is 6.56. The van der Waals surface area contributed by atoms with Crippen molar-refractivity contribution in [3.8, 4) is 0 Å². The van der Waals surface area contributed by atoms with Crippen molar-refractivity contribution < 1.29 is 0 Å². The lowest BCUT2D eigenvalue weighted by molar-refractivity contribution is 0.681. The van der Waals surface area contributed by atoms with Gasteiger partial charge in [-0.3, -0.25) is 0 Å². The molecule has 0 heterocycles. The molecule has 1 N–H and O–H groups in total. The largest absolute Gasteiger partial charge is 0.313 e. The van der Waals surface area contributed by atoms with Crippen LogP contribution in [-0.4, -0.2) is 13.1 Å². The van der Waals surface area contributed by atoms with E-state index in [4.69, 9.17) is 0 Å². The summed E-state index contributed by atoms with van der Waals surface area (Å²) in [5, 5.41) is 3.33. The summed E-state index contributed by atoms with van der Waals surface area (Å²) in [5.74, 6) is 0. The van der Waals surface area contributed by atoms with E-state index >= 15 is 0 Å². The van der Waals surface area contributed by atoms with E-state index in [1.807, 2.05) is 0 Å². The topological polar surface area (TPSA) is 12.0 Å². The van der Waals surface area contributed by atoms with E-state index < -0.39 is 0 Å². The van der Waals surface area contributed by atoms with E-state index in [0.717, 1.165) is 19.5 Å². The van der Waals surface area contributed by atoms with Gasteiger partial charge in [0.1, 0.15) is 0 Å². The van der Waals surface area contributed by atoms with Gasteiger partial charge in [0, 0.05) is 6.54 Å². The molecule has 0 saturated heterocycles. The Morgan fingerprint density at radius 2 is 2.00 bits per heavy atom. The van der Waals surface area contributed by atoms with Gasteiger partial charge >= 0.3 is 0 Å². The van der Waals surface area contributed by atoms with Crippen LogP contribution in [0.5, 0.6) is 0 Å². The second-order valence-corrected chi connectivity index (χ2v) is 2.44. The molecule has 0 atom stereocenters. The minimum absolute atomic E-state index is 1.04. The molecule has 1 heteroatoms. The monoisotopic (exact) mass is 141 g/mol. The van der Waals surface area contributed by atoms with E-state index in [2.05, 4.69) is 31.3 Å². The first-order valence-electron chi connectivity index (χ1n) is 4.27. The third kappa shape index (κ3) is 7.70. The van der Waals surface area contributed by atoms with E-state index in [1.165, 1.54) is 12.8 Å². The van der Waals surface area contributed by atoms with Crippen LogP contribution in [0.4, 0.5) is 0 Å². The van der Waals surface area contributed by atoms with Gasteiger partial charge in [-0.25, -0.2) is 0 Å². The molecule has 0 radical (unpaired) electrons. The molecule has 0 amide bonds. The van der Waals surface area contributed by atoms with Crippen LogP contribution in [0.2, 0.25) is 0 Å². The number of nitrogens with one attached hydrogen (secondary N) is 1. The van der Waals surface area contributed by atoms with E-state index in [-0.39, 0.29) is 0 Å². The molecule has 0 saturated carbocycles. The Hall–Kier alpha value is -0.300. The minimum atomic E-state index is 1.04. The van der Waals surface area contributed by atoms with Gasteiger partial charge in [-0.2, -0.15) is 0 Å². The summed E-state index contributed by atoms with van der Waals surface area (Å²) in [7, 11) is 0. The quantitative estimate of drug-likeness (QED) is 0.442. The maximum Gasteiger partial charge on any atom is 0.0134 e. The van der Waals surface area contributed by atoms with Crippen molar-refractivity contribution >= 4 is 0 Å². The molecule has 0 aliphatic heterocycles. The van der Waals surface area contributed by atoms with Crippen molar-refractivity contribution in [3.63, 3.8) is 0 Å². The predicted octanol–water partition coefficient (Wildman–Crippen LogP) is 2.34. The first-order chi connectivity index (χ1) is 4.91. The van der Waals surface area contributed by atoms with Crippen LogP contribution in [0.3, 0.4) is 0 Å². The van der Waals surface area contributed by atoms with Crippen LogP contribution >= 0.6 is 0 Å². The van der Waals surface area contributed by atoms with Crippen molar-refractivity contribution in [1.29, 1.82) is 0 Å². The summed E-state index contributed by atoms with van der Waals surface area (Å²) < 4.78 is 0. The molecule has 0 aliphatic rings. The average Bonchev–Trinajstić information content (AvgIpc) is 1.97. The molecule has 10 heavy (non-hydrogen) atoms. The van der Waals surface area contributed by atoms with Crippen LogP contribution in [-0.2, 0) is 0 Å². The molecule has 0 rings (SSSR count). The van der Waals surface area contributed by atoms with Crippen molar-refractivity contribution in [3.05, 3.63) is 12.2 Å². The Labute approximate surface area is 64.5 Å². The number of hydrogen-bond donors (Lipinski definition) is 1. The number of unbranched alkanes of at least 4 members (excludes halogenated alkanes) is 1. The molecular formula is C9H19N. The van der Waals surface area contributed by atoms with Gasteiger partial charge in [0.15, 0.2) is 0 Å². The Balaban J connectivity index is 2.83. The lowest BCUT2D eigenvalue weighted by Gasteiger charge is -1.97. The van der Waals surface area contributed by atoms with Crippen molar-refractivity contribution in [1.82, 2.24) is 5.32 Å². The fourth-order valence-electron chi connectivity index (χ4n) is 0.737. The molecule has 60 valence electrons. The highest BCUT2D eigenvalue weighted by Gasteiger charge is 1.80. The highest BCUT2D eigenvalue weighted by Crippen LogP contribution is 1.82. The number of hydrogen-bond acceptors (Lipinski definition) is 1. The molecule has 0 aliphatic carbocycles. The van der Waals surface area contributed by atoms with Crippen molar-refractivity contribution in [2.75, 3.05) is 13.1 Å². The highest BCUT2D eigenvalue weighted by molar-refractivity contribution is 4.81. The lowest BCUT2D eigenvalue weighted by Crippen LogP contribution is -2.14. The zero-order valence-corrected chi connectivity index (χ0v) is 7.19. The molecule has 0 spiro atoms. The van der Waals surface area contributed by atoms with Gasteiger partial charge in [0.25, 0.3) is 0 Å². The summed E-state index contributed by atoms with van der Waals surface area (Å²) in [5.41, 5.74) is 0. The van der Waals surface area contributed by atoms with E-state index in [0.29, 0.717) is 0 Å². The van der Waals surface area contributed by atoms with E-state index in [9.17, 15) is 0 Å². The predicted molar refractivity (Wildman–Crippen MR) is 47.2 cm³/mol. The lowest BCUT2D eigenvalue weighted by atomic mass is 10.3. The van der Waals surface area contributed by atoms with Crippen molar-refractivity contribution in [2.24, 2.45) is 0 Å². The third-order valence-electron chi connectivity index (χ3n) is 1.37. The van der Waals surface area contributed by atoms with Crippen LogP contribution in [0, 0.1) is 0 Å². The standard InChI is InChI=1S/C9H19N/c1-3-5-7-9-10-8-6-4-2/h5,7,10H,3-4,6,8-9H2,1-2H3/b7-5-. The Morgan fingerprint density at radius 1 is 1.20 bits per heavy atom. The molecular weight excluding hydrogens is 122 g/mol. The third-order valence-corrected chi connectivity index (χ3v) is 1.37. The summed E-state index contributed by atoms with van der Waals surface area (Å²) >= 11 is 0. The molecule has 0 aromatic rings. The Bertz CT molecular complexity index is 76.8.